The number of piperidine rings is 1. The van der Waals surface area contributed by atoms with Gasteiger partial charge in [0.2, 0.25) is 0 Å². The molecule has 1 saturated heterocycles. The summed E-state index contributed by atoms with van der Waals surface area (Å²) in [5, 5.41) is 3.86. The first-order chi connectivity index (χ1) is 13.2. The van der Waals surface area contributed by atoms with Crippen LogP contribution < -0.4 is 5.32 Å². The number of hydrogen-bond donors (Lipinski definition) is 1. The van der Waals surface area contributed by atoms with Gasteiger partial charge in [-0.15, -0.1) is 24.0 Å². The highest BCUT2D eigenvalue weighted by Crippen LogP contribution is 2.57. The molecule has 0 radical (unpaired) electrons. The maximum Gasteiger partial charge on any atom is 0.194 e. The summed E-state index contributed by atoms with van der Waals surface area (Å²) in [5.41, 5.74) is 0.358. The molecule has 2 aliphatic carbocycles. The Hall–Kier alpha value is -0.830. The number of aliphatic imine (C=N–C) groups is 1. The third kappa shape index (κ3) is 3.93. The first-order valence-electron chi connectivity index (χ1n) is 10.8. The van der Waals surface area contributed by atoms with Crippen molar-refractivity contribution < 1.29 is 4.74 Å². The summed E-state index contributed by atoms with van der Waals surface area (Å²) in [6, 6.07) is 0.972. The molecule has 0 amide bonds. The molecule has 3 aliphatic rings. The highest BCUT2D eigenvalue weighted by Gasteiger charge is 2.59. The lowest BCUT2D eigenvalue weighted by Crippen LogP contribution is -2.69. The Labute approximate surface area is 186 Å². The van der Waals surface area contributed by atoms with Gasteiger partial charge in [-0.25, -0.2) is 4.98 Å². The van der Waals surface area contributed by atoms with Crippen LogP contribution in [0.5, 0.6) is 0 Å². The number of guanidine groups is 1. The second-order valence-corrected chi connectivity index (χ2v) is 8.55. The topological polar surface area (TPSA) is 54.7 Å². The predicted octanol–water partition coefficient (Wildman–Crippen LogP) is 3.70. The average molecular weight is 501 g/mol. The van der Waals surface area contributed by atoms with Crippen LogP contribution in [0.2, 0.25) is 0 Å². The van der Waals surface area contributed by atoms with E-state index in [1.54, 1.807) is 0 Å². The van der Waals surface area contributed by atoms with Crippen molar-refractivity contribution >= 4 is 29.9 Å². The largest absolute Gasteiger partial charge is 0.378 e. The molecule has 2 heterocycles. The second kappa shape index (κ2) is 9.32. The Kier molecular flexibility index (Phi) is 7.28. The van der Waals surface area contributed by atoms with E-state index in [4.69, 9.17) is 9.73 Å². The molecule has 4 atom stereocenters. The zero-order valence-electron chi connectivity index (χ0n) is 17.5. The molecule has 1 aliphatic heterocycles. The quantitative estimate of drug-likeness (QED) is 0.380. The van der Waals surface area contributed by atoms with Crippen molar-refractivity contribution in [2.24, 2.45) is 16.3 Å². The van der Waals surface area contributed by atoms with Crippen molar-refractivity contribution in [3.05, 3.63) is 18.7 Å². The Balaban J connectivity index is 0.00000225. The average Bonchev–Trinajstić information content (AvgIpc) is 3.13. The van der Waals surface area contributed by atoms with E-state index < -0.39 is 0 Å². The van der Waals surface area contributed by atoms with Gasteiger partial charge < -0.3 is 19.5 Å². The number of rotatable bonds is 5. The Bertz CT molecular complexity index is 645. The monoisotopic (exact) mass is 501 g/mol. The Morgan fingerprint density at radius 1 is 1.36 bits per heavy atom. The number of nitrogens with zero attached hydrogens (tertiary/aromatic N) is 4. The Morgan fingerprint density at radius 3 is 2.79 bits per heavy atom. The van der Waals surface area contributed by atoms with Gasteiger partial charge in [0.25, 0.3) is 0 Å². The van der Waals surface area contributed by atoms with Gasteiger partial charge in [0.05, 0.1) is 18.5 Å². The number of aromatic nitrogens is 2. The minimum absolute atomic E-state index is 0. The molecular formula is C21H36IN5O. The van der Waals surface area contributed by atoms with Crippen molar-refractivity contribution in [1.29, 1.82) is 0 Å². The van der Waals surface area contributed by atoms with E-state index in [1.165, 1.54) is 25.7 Å². The summed E-state index contributed by atoms with van der Waals surface area (Å²) in [6.45, 7) is 10.3. The first kappa shape index (κ1) is 21.9. The van der Waals surface area contributed by atoms with Crippen LogP contribution in [-0.4, -0.2) is 58.8 Å². The van der Waals surface area contributed by atoms with Crippen molar-refractivity contribution in [2.75, 3.05) is 26.2 Å². The van der Waals surface area contributed by atoms with Crippen LogP contribution in [-0.2, 0) is 4.74 Å². The van der Waals surface area contributed by atoms with Gasteiger partial charge in [-0.3, -0.25) is 4.99 Å². The number of likely N-dealkylation sites (tertiary alicyclic amines) is 1. The van der Waals surface area contributed by atoms with Crippen LogP contribution in [0.1, 0.15) is 58.9 Å². The lowest BCUT2D eigenvalue weighted by atomic mass is 9.51. The number of halogens is 1. The molecule has 2 saturated carbocycles. The summed E-state index contributed by atoms with van der Waals surface area (Å²) in [6.07, 6.45) is 12.6. The Morgan fingerprint density at radius 2 is 2.18 bits per heavy atom. The molecule has 0 aromatic carbocycles. The number of nitrogens with one attached hydrogen (secondary N) is 1. The molecule has 1 N–H and O–H groups in total. The molecule has 1 aromatic rings. The van der Waals surface area contributed by atoms with E-state index in [0.717, 1.165) is 38.6 Å². The molecule has 4 rings (SSSR count). The molecule has 158 valence electrons. The zero-order chi connectivity index (χ0) is 18.9. The van der Waals surface area contributed by atoms with E-state index in [0.29, 0.717) is 29.5 Å². The molecule has 7 heteroatoms. The number of imidazole rings is 1. The highest BCUT2D eigenvalue weighted by molar-refractivity contribution is 14.0. The third-order valence-electron chi connectivity index (χ3n) is 7.17. The maximum absolute atomic E-state index is 6.03. The molecule has 3 fully saturated rings. The van der Waals surface area contributed by atoms with Gasteiger partial charge in [0, 0.05) is 50.1 Å². The van der Waals surface area contributed by atoms with Crippen molar-refractivity contribution in [1.82, 2.24) is 19.8 Å². The van der Waals surface area contributed by atoms with E-state index in [9.17, 15) is 0 Å². The molecule has 0 bridgehead atoms. The maximum atomic E-state index is 6.03. The van der Waals surface area contributed by atoms with Crippen molar-refractivity contribution in [2.45, 2.75) is 71.1 Å². The van der Waals surface area contributed by atoms with Gasteiger partial charge in [-0.1, -0.05) is 13.3 Å². The summed E-state index contributed by atoms with van der Waals surface area (Å²) in [4.78, 5) is 11.6. The number of ether oxygens (including phenoxy) is 1. The lowest BCUT2D eigenvalue weighted by molar-refractivity contribution is -0.169. The summed E-state index contributed by atoms with van der Waals surface area (Å²) >= 11 is 0. The first-order valence-corrected chi connectivity index (χ1v) is 10.8. The summed E-state index contributed by atoms with van der Waals surface area (Å²) in [7, 11) is 0. The third-order valence-corrected chi connectivity index (χ3v) is 7.17. The van der Waals surface area contributed by atoms with Gasteiger partial charge >= 0.3 is 0 Å². The smallest absolute Gasteiger partial charge is 0.194 e. The predicted molar refractivity (Wildman–Crippen MR) is 123 cm³/mol. The van der Waals surface area contributed by atoms with Crippen LogP contribution in [0.3, 0.4) is 0 Å². The molecular weight excluding hydrogens is 465 g/mol. The zero-order valence-corrected chi connectivity index (χ0v) is 19.8. The van der Waals surface area contributed by atoms with E-state index in [1.807, 2.05) is 12.5 Å². The van der Waals surface area contributed by atoms with Crippen LogP contribution in [0.15, 0.2) is 23.7 Å². The van der Waals surface area contributed by atoms with E-state index in [-0.39, 0.29) is 24.0 Å². The van der Waals surface area contributed by atoms with Gasteiger partial charge in [0.15, 0.2) is 5.96 Å². The van der Waals surface area contributed by atoms with Gasteiger partial charge in [0.1, 0.15) is 0 Å². The van der Waals surface area contributed by atoms with E-state index in [2.05, 4.69) is 46.7 Å². The van der Waals surface area contributed by atoms with Crippen molar-refractivity contribution in [3.63, 3.8) is 0 Å². The van der Waals surface area contributed by atoms with Crippen LogP contribution in [0.4, 0.5) is 0 Å². The van der Waals surface area contributed by atoms with E-state index >= 15 is 0 Å². The van der Waals surface area contributed by atoms with Crippen LogP contribution in [0.25, 0.3) is 0 Å². The summed E-state index contributed by atoms with van der Waals surface area (Å²) in [5.74, 6) is 1.75. The molecule has 4 unspecified atom stereocenters. The minimum atomic E-state index is 0. The fraction of sp³-hybridized carbons (Fsp3) is 0.810. The van der Waals surface area contributed by atoms with Gasteiger partial charge in [-0.2, -0.15) is 0 Å². The fourth-order valence-electron chi connectivity index (χ4n) is 5.28. The second-order valence-electron chi connectivity index (χ2n) is 8.55. The SMILES string of the molecule is CCN=C(NC1CC(OCC)C12CCC2)N1CCC(C)C(n2ccnc2)C1.I. The normalized spacial score (nSPS) is 31.7. The summed E-state index contributed by atoms with van der Waals surface area (Å²) < 4.78 is 8.30. The van der Waals surface area contributed by atoms with Crippen LogP contribution >= 0.6 is 24.0 Å². The minimum Gasteiger partial charge on any atom is -0.378 e. The number of hydrogen-bond acceptors (Lipinski definition) is 3. The molecule has 6 nitrogen and oxygen atoms in total. The standard InChI is InChI=1S/C21H35N5O.HI/c1-4-23-20(24-18-13-19(27-5-2)21(18)8-6-9-21)25-11-7-16(3)17(14-25)26-12-10-22-15-26;/h10,12,15-19H,4-9,11,13-14H2,1-3H3,(H,23,24);1H. The lowest BCUT2D eigenvalue weighted by Gasteiger charge is -2.61. The van der Waals surface area contributed by atoms with Crippen LogP contribution in [0, 0.1) is 11.3 Å². The molecule has 1 aromatic heterocycles. The highest BCUT2D eigenvalue weighted by atomic mass is 127. The van der Waals surface area contributed by atoms with Gasteiger partial charge in [-0.05, 0) is 45.4 Å². The van der Waals surface area contributed by atoms with Crippen molar-refractivity contribution in [3.8, 4) is 0 Å². The fourth-order valence-corrected chi connectivity index (χ4v) is 5.28. The molecule has 1 spiro atoms. The molecule has 28 heavy (non-hydrogen) atoms.